The number of unbranched alkanes of at least 4 members (excludes halogenated alkanes) is 1. The second kappa shape index (κ2) is 8.70. The number of hydrogen-bond donors (Lipinski definition) is 3. The van der Waals surface area contributed by atoms with Crippen LogP contribution in [0.5, 0.6) is 5.88 Å². The van der Waals surface area contributed by atoms with Gasteiger partial charge in [-0.2, -0.15) is 0 Å². The summed E-state index contributed by atoms with van der Waals surface area (Å²) >= 11 is 0. The predicted octanol–water partition coefficient (Wildman–Crippen LogP) is 1.26. The predicted molar refractivity (Wildman–Crippen MR) is 83.4 cm³/mol. The van der Waals surface area contributed by atoms with E-state index in [-0.39, 0.29) is 13.2 Å². The quantitative estimate of drug-likeness (QED) is 0.597. The maximum Gasteiger partial charge on any atom is 0.249 e. The Morgan fingerprint density at radius 1 is 1.50 bits per heavy atom. The summed E-state index contributed by atoms with van der Waals surface area (Å²) in [5.74, 6) is -0.0328. The summed E-state index contributed by atoms with van der Waals surface area (Å²) in [4.78, 5) is 16.1. The monoisotopic (exact) mass is 310 g/mol. The van der Waals surface area contributed by atoms with Gasteiger partial charge in [0, 0.05) is 23.7 Å². The average Bonchev–Trinajstić information content (AvgIpc) is 2.53. The van der Waals surface area contributed by atoms with Crippen LogP contribution in [-0.2, 0) is 11.3 Å². The summed E-state index contributed by atoms with van der Waals surface area (Å²) in [7, 11) is 0. The molecule has 1 rings (SSSR count). The number of ether oxygens (including phenoxy) is 1. The molecule has 124 valence electrons. The molecule has 0 aliphatic carbocycles. The zero-order valence-corrected chi connectivity index (χ0v) is 13.5. The molecule has 6 nitrogen and oxygen atoms in total. The van der Waals surface area contributed by atoms with E-state index in [1.54, 1.807) is 26.1 Å². The molecular formula is C16H26N2O4. The van der Waals surface area contributed by atoms with Gasteiger partial charge in [-0.15, -0.1) is 0 Å². The molecule has 0 unspecified atom stereocenters. The van der Waals surface area contributed by atoms with E-state index in [1.807, 2.05) is 6.07 Å². The Hall–Kier alpha value is -1.66. The SMILES string of the molecule is CCCCOc1ncccc1CNC(=O)[C@H](O)C(C)(C)CO. The number of aliphatic hydroxyl groups is 2. The van der Waals surface area contributed by atoms with Crippen LogP contribution < -0.4 is 10.1 Å². The van der Waals surface area contributed by atoms with Crippen molar-refractivity contribution in [2.24, 2.45) is 5.41 Å². The molecule has 0 radical (unpaired) electrons. The van der Waals surface area contributed by atoms with Gasteiger partial charge < -0.3 is 20.3 Å². The summed E-state index contributed by atoms with van der Waals surface area (Å²) in [5, 5.41) is 21.8. The maximum absolute atomic E-state index is 12.0. The van der Waals surface area contributed by atoms with Gasteiger partial charge in [-0.25, -0.2) is 4.98 Å². The van der Waals surface area contributed by atoms with Crippen molar-refractivity contribution in [3.05, 3.63) is 23.9 Å². The van der Waals surface area contributed by atoms with Crippen molar-refractivity contribution in [3.8, 4) is 5.88 Å². The van der Waals surface area contributed by atoms with Crippen LogP contribution in [0.25, 0.3) is 0 Å². The second-order valence-electron chi connectivity index (χ2n) is 5.94. The molecule has 0 saturated heterocycles. The minimum atomic E-state index is -1.28. The average molecular weight is 310 g/mol. The van der Waals surface area contributed by atoms with Crippen molar-refractivity contribution in [1.29, 1.82) is 0 Å². The summed E-state index contributed by atoms with van der Waals surface area (Å²) in [6, 6.07) is 3.58. The van der Waals surface area contributed by atoms with Gasteiger partial charge in [-0.05, 0) is 12.5 Å². The van der Waals surface area contributed by atoms with E-state index in [4.69, 9.17) is 4.74 Å². The first-order valence-corrected chi connectivity index (χ1v) is 7.55. The molecule has 0 aromatic carbocycles. The van der Waals surface area contributed by atoms with E-state index >= 15 is 0 Å². The Bertz CT molecular complexity index is 477. The Labute approximate surface area is 131 Å². The van der Waals surface area contributed by atoms with Crippen LogP contribution in [0.15, 0.2) is 18.3 Å². The van der Waals surface area contributed by atoms with Crippen LogP contribution in [0.1, 0.15) is 39.2 Å². The lowest BCUT2D eigenvalue weighted by atomic mass is 9.87. The van der Waals surface area contributed by atoms with Gasteiger partial charge in [0.1, 0.15) is 6.10 Å². The highest BCUT2D eigenvalue weighted by molar-refractivity contribution is 5.81. The third-order valence-corrected chi connectivity index (χ3v) is 3.44. The smallest absolute Gasteiger partial charge is 0.249 e. The number of aromatic nitrogens is 1. The Morgan fingerprint density at radius 2 is 2.23 bits per heavy atom. The number of amides is 1. The molecule has 0 spiro atoms. The molecular weight excluding hydrogens is 284 g/mol. The first kappa shape index (κ1) is 18.4. The standard InChI is InChI=1S/C16H26N2O4/c1-4-5-9-22-15-12(7-6-8-17-15)10-18-14(21)13(20)16(2,3)11-19/h6-8,13,19-20H,4-5,9-11H2,1-3H3,(H,18,21)/t13-/m0/s1. The van der Waals surface area contributed by atoms with Gasteiger partial charge in [0.2, 0.25) is 11.8 Å². The number of carbonyl (C=O) groups excluding carboxylic acids is 1. The fraction of sp³-hybridized carbons (Fsp3) is 0.625. The zero-order chi connectivity index (χ0) is 16.6. The molecule has 0 aliphatic heterocycles. The molecule has 0 fully saturated rings. The first-order chi connectivity index (χ1) is 10.4. The van der Waals surface area contributed by atoms with Crippen molar-refractivity contribution >= 4 is 5.91 Å². The Kier molecular flexibility index (Phi) is 7.27. The van der Waals surface area contributed by atoms with Crippen molar-refractivity contribution in [1.82, 2.24) is 10.3 Å². The van der Waals surface area contributed by atoms with Crippen LogP contribution in [0.2, 0.25) is 0 Å². The molecule has 3 N–H and O–H groups in total. The highest BCUT2D eigenvalue weighted by Gasteiger charge is 2.32. The van der Waals surface area contributed by atoms with Crippen molar-refractivity contribution in [3.63, 3.8) is 0 Å². The van der Waals surface area contributed by atoms with Gasteiger partial charge in [0.05, 0.1) is 13.2 Å². The highest BCUT2D eigenvalue weighted by atomic mass is 16.5. The minimum absolute atomic E-state index is 0.215. The van der Waals surface area contributed by atoms with Gasteiger partial charge in [0.15, 0.2) is 0 Å². The van der Waals surface area contributed by atoms with E-state index in [1.165, 1.54) is 0 Å². The molecule has 1 heterocycles. The molecule has 0 saturated carbocycles. The second-order valence-corrected chi connectivity index (χ2v) is 5.94. The fourth-order valence-corrected chi connectivity index (χ4v) is 1.72. The van der Waals surface area contributed by atoms with Crippen molar-refractivity contribution in [2.75, 3.05) is 13.2 Å². The van der Waals surface area contributed by atoms with Crippen LogP contribution in [-0.4, -0.2) is 40.4 Å². The molecule has 1 amide bonds. The topological polar surface area (TPSA) is 91.7 Å². The molecule has 6 heteroatoms. The lowest BCUT2D eigenvalue weighted by Crippen LogP contribution is -2.45. The van der Waals surface area contributed by atoms with Crippen LogP contribution in [0.4, 0.5) is 0 Å². The van der Waals surface area contributed by atoms with Gasteiger partial charge >= 0.3 is 0 Å². The van der Waals surface area contributed by atoms with Crippen LogP contribution >= 0.6 is 0 Å². The van der Waals surface area contributed by atoms with Crippen molar-refractivity contribution in [2.45, 2.75) is 46.3 Å². The maximum atomic E-state index is 12.0. The third kappa shape index (κ3) is 5.27. The molecule has 22 heavy (non-hydrogen) atoms. The highest BCUT2D eigenvalue weighted by Crippen LogP contribution is 2.20. The minimum Gasteiger partial charge on any atom is -0.477 e. The molecule has 0 aliphatic rings. The summed E-state index contributed by atoms with van der Waals surface area (Å²) < 4.78 is 5.59. The summed E-state index contributed by atoms with van der Waals surface area (Å²) in [6.07, 6.45) is 2.32. The number of nitrogens with one attached hydrogen (secondary N) is 1. The Balaban J connectivity index is 2.62. The number of aliphatic hydroxyl groups excluding tert-OH is 2. The van der Waals surface area contributed by atoms with E-state index in [2.05, 4.69) is 17.2 Å². The lowest BCUT2D eigenvalue weighted by Gasteiger charge is -2.27. The third-order valence-electron chi connectivity index (χ3n) is 3.44. The van der Waals surface area contributed by atoms with Gasteiger partial charge in [0.25, 0.3) is 0 Å². The van der Waals surface area contributed by atoms with Gasteiger partial charge in [-0.3, -0.25) is 4.79 Å². The largest absolute Gasteiger partial charge is 0.477 e. The van der Waals surface area contributed by atoms with E-state index in [9.17, 15) is 15.0 Å². The van der Waals surface area contributed by atoms with E-state index in [0.29, 0.717) is 12.5 Å². The summed E-state index contributed by atoms with van der Waals surface area (Å²) in [6.45, 7) is 5.84. The van der Waals surface area contributed by atoms with E-state index < -0.39 is 17.4 Å². The Morgan fingerprint density at radius 3 is 2.86 bits per heavy atom. The van der Waals surface area contributed by atoms with Crippen LogP contribution in [0.3, 0.4) is 0 Å². The number of nitrogens with zero attached hydrogens (tertiary/aromatic N) is 1. The van der Waals surface area contributed by atoms with Crippen LogP contribution in [0, 0.1) is 5.41 Å². The number of rotatable bonds is 9. The molecule has 1 aromatic rings. The summed E-state index contributed by atoms with van der Waals surface area (Å²) in [5.41, 5.74) is -0.139. The number of pyridine rings is 1. The normalized spacial score (nSPS) is 12.8. The van der Waals surface area contributed by atoms with E-state index in [0.717, 1.165) is 18.4 Å². The van der Waals surface area contributed by atoms with Gasteiger partial charge in [-0.1, -0.05) is 33.3 Å². The molecule has 1 aromatic heterocycles. The number of carbonyl (C=O) groups is 1. The molecule has 1 atom stereocenters. The number of hydrogen-bond acceptors (Lipinski definition) is 5. The lowest BCUT2D eigenvalue weighted by molar-refractivity contribution is -0.137. The fourth-order valence-electron chi connectivity index (χ4n) is 1.72. The zero-order valence-electron chi connectivity index (χ0n) is 13.5. The molecule has 0 bridgehead atoms. The first-order valence-electron chi connectivity index (χ1n) is 7.55. The van der Waals surface area contributed by atoms with Crippen molar-refractivity contribution < 1.29 is 19.7 Å².